The van der Waals surface area contributed by atoms with Gasteiger partial charge in [-0.3, -0.25) is 5.01 Å². The topological polar surface area (TPSA) is 15.6 Å². The first-order chi connectivity index (χ1) is 4.43. The lowest BCUT2D eigenvalue weighted by Crippen LogP contribution is -2.10. The fourth-order valence-electron chi connectivity index (χ4n) is 1.01. The number of hydrazone groups is 1. The van der Waals surface area contributed by atoms with E-state index in [9.17, 15) is 0 Å². The SMILES string of the molecule is CC/C=N/N1CCCC1. The molecular weight excluding hydrogens is 112 g/mol. The van der Waals surface area contributed by atoms with Crippen LogP contribution in [0.4, 0.5) is 0 Å². The van der Waals surface area contributed by atoms with Crippen LogP contribution in [0.1, 0.15) is 26.2 Å². The van der Waals surface area contributed by atoms with Crippen LogP contribution in [-0.4, -0.2) is 24.3 Å². The summed E-state index contributed by atoms with van der Waals surface area (Å²) < 4.78 is 0. The van der Waals surface area contributed by atoms with Gasteiger partial charge in [0.2, 0.25) is 0 Å². The quantitative estimate of drug-likeness (QED) is 0.512. The van der Waals surface area contributed by atoms with E-state index in [4.69, 9.17) is 0 Å². The van der Waals surface area contributed by atoms with Crippen molar-refractivity contribution in [3.8, 4) is 0 Å². The highest BCUT2D eigenvalue weighted by Gasteiger charge is 2.06. The van der Waals surface area contributed by atoms with E-state index in [1.807, 2.05) is 6.21 Å². The summed E-state index contributed by atoms with van der Waals surface area (Å²) in [7, 11) is 0. The number of hydrogen-bond acceptors (Lipinski definition) is 2. The van der Waals surface area contributed by atoms with E-state index < -0.39 is 0 Å². The molecule has 0 spiro atoms. The molecule has 2 heteroatoms. The molecule has 1 aliphatic rings. The van der Waals surface area contributed by atoms with Gasteiger partial charge < -0.3 is 0 Å². The van der Waals surface area contributed by atoms with E-state index in [0.717, 1.165) is 19.5 Å². The molecule has 0 aromatic carbocycles. The standard InChI is InChI=1S/C7H14N2/c1-2-5-8-9-6-3-4-7-9/h5H,2-4,6-7H2,1H3/b8-5+. The van der Waals surface area contributed by atoms with Crippen molar-refractivity contribution in [1.29, 1.82) is 0 Å². The maximum atomic E-state index is 4.25. The molecular formula is C7H14N2. The molecule has 0 N–H and O–H groups in total. The van der Waals surface area contributed by atoms with Gasteiger partial charge in [0.1, 0.15) is 0 Å². The molecule has 52 valence electrons. The summed E-state index contributed by atoms with van der Waals surface area (Å²) in [4.78, 5) is 0. The Morgan fingerprint density at radius 2 is 2.11 bits per heavy atom. The Hall–Kier alpha value is -0.530. The summed E-state index contributed by atoms with van der Waals surface area (Å²) in [6.45, 7) is 4.44. The predicted octanol–water partition coefficient (Wildman–Crippen LogP) is 1.48. The zero-order valence-electron chi connectivity index (χ0n) is 6.01. The summed E-state index contributed by atoms with van der Waals surface area (Å²) >= 11 is 0. The molecule has 0 atom stereocenters. The van der Waals surface area contributed by atoms with Crippen LogP contribution >= 0.6 is 0 Å². The third-order valence-electron chi connectivity index (χ3n) is 1.51. The molecule has 0 aliphatic carbocycles. The molecule has 0 aromatic rings. The minimum Gasteiger partial charge on any atom is -0.297 e. The van der Waals surface area contributed by atoms with E-state index in [0.29, 0.717) is 0 Å². The van der Waals surface area contributed by atoms with Crippen LogP contribution in [0, 0.1) is 0 Å². The summed E-state index contributed by atoms with van der Waals surface area (Å²) in [6.07, 6.45) is 5.67. The molecule has 9 heavy (non-hydrogen) atoms. The zero-order valence-corrected chi connectivity index (χ0v) is 6.01. The Morgan fingerprint density at radius 1 is 1.44 bits per heavy atom. The molecule has 0 amide bonds. The second-order valence-corrected chi connectivity index (χ2v) is 2.37. The van der Waals surface area contributed by atoms with Gasteiger partial charge in [0.25, 0.3) is 0 Å². The highest BCUT2D eigenvalue weighted by atomic mass is 15.5. The number of nitrogens with zero attached hydrogens (tertiary/aromatic N) is 2. The highest BCUT2D eigenvalue weighted by Crippen LogP contribution is 2.06. The van der Waals surface area contributed by atoms with Crippen molar-refractivity contribution in [2.24, 2.45) is 5.10 Å². The van der Waals surface area contributed by atoms with E-state index in [1.54, 1.807) is 0 Å². The van der Waals surface area contributed by atoms with Gasteiger partial charge in [0, 0.05) is 19.3 Å². The van der Waals surface area contributed by atoms with Crippen LogP contribution in [0.3, 0.4) is 0 Å². The molecule has 1 rings (SSSR count). The van der Waals surface area contributed by atoms with Crippen molar-refractivity contribution in [3.05, 3.63) is 0 Å². The van der Waals surface area contributed by atoms with Crippen LogP contribution < -0.4 is 0 Å². The van der Waals surface area contributed by atoms with Gasteiger partial charge in [-0.1, -0.05) is 6.92 Å². The van der Waals surface area contributed by atoms with Crippen LogP contribution in [0.25, 0.3) is 0 Å². The van der Waals surface area contributed by atoms with E-state index in [1.165, 1.54) is 12.8 Å². The Bertz CT molecular complexity index is 93.1. The van der Waals surface area contributed by atoms with Crippen LogP contribution in [0.2, 0.25) is 0 Å². The Kier molecular flexibility index (Phi) is 2.55. The monoisotopic (exact) mass is 126 g/mol. The highest BCUT2D eigenvalue weighted by molar-refractivity contribution is 5.56. The molecule has 1 saturated heterocycles. The zero-order chi connectivity index (χ0) is 6.53. The minimum atomic E-state index is 1.05. The molecule has 0 radical (unpaired) electrons. The smallest absolute Gasteiger partial charge is 0.0360 e. The van der Waals surface area contributed by atoms with Gasteiger partial charge in [0.05, 0.1) is 0 Å². The van der Waals surface area contributed by atoms with Gasteiger partial charge in [-0.05, 0) is 19.3 Å². The first kappa shape index (κ1) is 6.59. The van der Waals surface area contributed by atoms with E-state index in [-0.39, 0.29) is 0 Å². The van der Waals surface area contributed by atoms with Crippen LogP contribution in [0.5, 0.6) is 0 Å². The predicted molar refractivity (Wildman–Crippen MR) is 39.6 cm³/mol. The van der Waals surface area contributed by atoms with Gasteiger partial charge in [-0.2, -0.15) is 5.10 Å². The van der Waals surface area contributed by atoms with E-state index in [2.05, 4.69) is 17.0 Å². The van der Waals surface area contributed by atoms with Gasteiger partial charge in [-0.25, -0.2) is 0 Å². The maximum Gasteiger partial charge on any atom is 0.0360 e. The largest absolute Gasteiger partial charge is 0.297 e. The van der Waals surface area contributed by atoms with Crippen molar-refractivity contribution in [1.82, 2.24) is 5.01 Å². The molecule has 1 aliphatic heterocycles. The molecule has 0 bridgehead atoms. The van der Waals surface area contributed by atoms with Crippen molar-refractivity contribution in [2.75, 3.05) is 13.1 Å². The van der Waals surface area contributed by atoms with Crippen LogP contribution in [0.15, 0.2) is 5.10 Å². The Labute approximate surface area is 56.5 Å². The third kappa shape index (κ3) is 2.04. The van der Waals surface area contributed by atoms with E-state index >= 15 is 0 Å². The summed E-state index contributed by atoms with van der Waals surface area (Å²) in [5, 5.41) is 6.39. The first-order valence-corrected chi connectivity index (χ1v) is 3.71. The third-order valence-corrected chi connectivity index (χ3v) is 1.51. The number of rotatable bonds is 2. The minimum absolute atomic E-state index is 1.05. The lowest BCUT2D eigenvalue weighted by atomic mass is 10.4. The van der Waals surface area contributed by atoms with Gasteiger partial charge in [0.15, 0.2) is 0 Å². The van der Waals surface area contributed by atoms with Crippen LogP contribution in [-0.2, 0) is 0 Å². The van der Waals surface area contributed by atoms with Crippen molar-refractivity contribution >= 4 is 6.21 Å². The van der Waals surface area contributed by atoms with Gasteiger partial charge >= 0.3 is 0 Å². The Morgan fingerprint density at radius 3 is 2.67 bits per heavy atom. The lowest BCUT2D eigenvalue weighted by molar-refractivity contribution is 0.361. The summed E-state index contributed by atoms with van der Waals surface area (Å²) in [5.74, 6) is 0. The molecule has 1 heterocycles. The van der Waals surface area contributed by atoms with Gasteiger partial charge in [-0.15, -0.1) is 0 Å². The normalized spacial score (nSPS) is 19.9. The molecule has 0 aromatic heterocycles. The lowest BCUT2D eigenvalue weighted by Gasteiger charge is -2.07. The first-order valence-electron chi connectivity index (χ1n) is 3.71. The molecule has 1 fully saturated rings. The summed E-state index contributed by atoms with van der Waals surface area (Å²) in [5.41, 5.74) is 0. The average molecular weight is 126 g/mol. The fraction of sp³-hybridized carbons (Fsp3) is 0.857. The molecule has 0 saturated carbocycles. The fourth-order valence-corrected chi connectivity index (χ4v) is 1.01. The van der Waals surface area contributed by atoms with Crippen molar-refractivity contribution in [3.63, 3.8) is 0 Å². The maximum absolute atomic E-state index is 4.25. The average Bonchev–Trinajstić information content (AvgIpc) is 2.34. The molecule has 2 nitrogen and oxygen atoms in total. The second kappa shape index (κ2) is 3.49. The van der Waals surface area contributed by atoms with Crippen molar-refractivity contribution in [2.45, 2.75) is 26.2 Å². The molecule has 0 unspecified atom stereocenters. The second-order valence-electron chi connectivity index (χ2n) is 2.37. The number of hydrogen-bond donors (Lipinski definition) is 0. The summed E-state index contributed by atoms with van der Waals surface area (Å²) in [6, 6.07) is 0. The Balaban J connectivity index is 2.18. The van der Waals surface area contributed by atoms with Crippen molar-refractivity contribution < 1.29 is 0 Å².